The molecule has 1 saturated carbocycles. The number of carbonyl (C=O) groups excluding carboxylic acids is 1. The van der Waals surface area contributed by atoms with E-state index in [-0.39, 0.29) is 35.4 Å². The minimum Gasteiger partial charge on any atom is -0.336 e. The summed E-state index contributed by atoms with van der Waals surface area (Å²) >= 11 is 0. The summed E-state index contributed by atoms with van der Waals surface area (Å²) in [6, 6.07) is -0.352. The molecule has 1 aliphatic carbocycles. The highest BCUT2D eigenvalue weighted by Gasteiger charge is 2.50. The fourth-order valence-electron chi connectivity index (χ4n) is 3.94. The number of nitrogens with zero attached hydrogens (tertiary/aromatic N) is 5. The SMILES string of the molecule is Cc1nc(CN2CCN(C(=O)C3CC3)[C@@H]3CS(=O)(=O)C[C@@H]32)n(C)n1. The highest BCUT2D eigenvalue weighted by atomic mass is 32.2. The summed E-state index contributed by atoms with van der Waals surface area (Å²) in [6.45, 7) is 3.70. The Morgan fingerprint density at radius 2 is 1.92 bits per heavy atom. The molecule has 24 heavy (non-hydrogen) atoms. The van der Waals surface area contributed by atoms with Crippen LogP contribution in [0.5, 0.6) is 0 Å². The Labute approximate surface area is 141 Å². The molecular formula is C15H23N5O3S. The van der Waals surface area contributed by atoms with Crippen molar-refractivity contribution in [3.63, 3.8) is 0 Å². The normalized spacial score (nSPS) is 29.7. The van der Waals surface area contributed by atoms with Gasteiger partial charge in [0.2, 0.25) is 5.91 Å². The highest BCUT2D eigenvalue weighted by Crippen LogP contribution is 2.35. The molecule has 0 radical (unpaired) electrons. The third-order valence-corrected chi connectivity index (χ3v) is 7.00. The predicted molar refractivity (Wildman–Crippen MR) is 86.8 cm³/mol. The number of aryl methyl sites for hydroxylation is 2. The Morgan fingerprint density at radius 3 is 2.54 bits per heavy atom. The summed E-state index contributed by atoms with van der Waals surface area (Å²) in [4.78, 5) is 21.0. The van der Waals surface area contributed by atoms with Gasteiger partial charge in [0, 0.05) is 32.1 Å². The minimum absolute atomic E-state index is 0.0878. The van der Waals surface area contributed by atoms with Gasteiger partial charge in [-0.3, -0.25) is 14.4 Å². The lowest BCUT2D eigenvalue weighted by Crippen LogP contribution is -2.60. The summed E-state index contributed by atoms with van der Waals surface area (Å²) in [6.07, 6.45) is 1.89. The maximum absolute atomic E-state index is 12.5. The fraction of sp³-hybridized carbons (Fsp3) is 0.800. The first-order valence-corrected chi connectivity index (χ1v) is 10.3. The van der Waals surface area contributed by atoms with Gasteiger partial charge >= 0.3 is 0 Å². The summed E-state index contributed by atoms with van der Waals surface area (Å²) in [7, 11) is -1.26. The van der Waals surface area contributed by atoms with Crippen molar-refractivity contribution in [2.75, 3.05) is 24.6 Å². The van der Waals surface area contributed by atoms with E-state index < -0.39 is 9.84 Å². The Bertz CT molecular complexity index is 770. The number of hydrogen-bond donors (Lipinski definition) is 0. The number of sulfone groups is 1. The van der Waals surface area contributed by atoms with Crippen molar-refractivity contribution in [3.05, 3.63) is 11.6 Å². The number of hydrogen-bond acceptors (Lipinski definition) is 6. The van der Waals surface area contributed by atoms with E-state index in [4.69, 9.17) is 0 Å². The van der Waals surface area contributed by atoms with Crippen LogP contribution < -0.4 is 0 Å². The van der Waals surface area contributed by atoms with Gasteiger partial charge in [0.1, 0.15) is 11.6 Å². The van der Waals surface area contributed by atoms with Crippen LogP contribution >= 0.6 is 0 Å². The van der Waals surface area contributed by atoms with Crippen LogP contribution in [0.2, 0.25) is 0 Å². The van der Waals surface area contributed by atoms with E-state index in [0.717, 1.165) is 18.7 Å². The van der Waals surface area contributed by atoms with Crippen molar-refractivity contribution in [3.8, 4) is 0 Å². The van der Waals surface area contributed by atoms with Crippen LogP contribution in [0.4, 0.5) is 0 Å². The summed E-state index contributed by atoms with van der Waals surface area (Å²) in [5, 5.41) is 4.26. The van der Waals surface area contributed by atoms with Crippen LogP contribution in [-0.4, -0.2) is 75.6 Å². The van der Waals surface area contributed by atoms with Crippen molar-refractivity contribution >= 4 is 15.7 Å². The minimum atomic E-state index is -3.11. The first kappa shape index (κ1) is 16.0. The van der Waals surface area contributed by atoms with E-state index in [1.54, 1.807) is 4.68 Å². The lowest BCUT2D eigenvalue weighted by Gasteiger charge is -2.43. The van der Waals surface area contributed by atoms with E-state index in [9.17, 15) is 13.2 Å². The van der Waals surface area contributed by atoms with Crippen LogP contribution in [0, 0.1) is 12.8 Å². The maximum Gasteiger partial charge on any atom is 0.226 e. The van der Waals surface area contributed by atoms with Crippen molar-refractivity contribution in [1.82, 2.24) is 24.6 Å². The predicted octanol–water partition coefficient (Wildman–Crippen LogP) is -0.657. The second-order valence-corrected chi connectivity index (χ2v) is 9.34. The molecule has 0 spiro atoms. The Balaban J connectivity index is 1.57. The van der Waals surface area contributed by atoms with Gasteiger partial charge in [-0.1, -0.05) is 0 Å². The Morgan fingerprint density at radius 1 is 1.21 bits per heavy atom. The fourth-order valence-corrected chi connectivity index (χ4v) is 5.95. The van der Waals surface area contributed by atoms with Gasteiger partial charge in [0.25, 0.3) is 0 Å². The molecule has 2 atom stereocenters. The van der Waals surface area contributed by atoms with Crippen LogP contribution in [-0.2, 0) is 28.2 Å². The molecule has 1 aromatic rings. The van der Waals surface area contributed by atoms with Crippen LogP contribution in [0.15, 0.2) is 0 Å². The van der Waals surface area contributed by atoms with Crippen LogP contribution in [0.3, 0.4) is 0 Å². The number of amides is 1. The zero-order valence-electron chi connectivity index (χ0n) is 14.1. The number of aromatic nitrogens is 3. The highest BCUT2D eigenvalue weighted by molar-refractivity contribution is 7.91. The molecule has 1 aromatic heterocycles. The van der Waals surface area contributed by atoms with Crippen molar-refractivity contribution in [2.45, 2.75) is 38.4 Å². The zero-order chi connectivity index (χ0) is 17.1. The molecule has 0 bridgehead atoms. The molecular weight excluding hydrogens is 330 g/mol. The molecule has 4 rings (SSSR count). The third kappa shape index (κ3) is 2.83. The van der Waals surface area contributed by atoms with E-state index in [2.05, 4.69) is 15.0 Å². The van der Waals surface area contributed by atoms with E-state index in [0.29, 0.717) is 25.5 Å². The first-order valence-electron chi connectivity index (χ1n) is 8.45. The number of fused-ring (bicyclic) bond motifs is 1. The van der Waals surface area contributed by atoms with Crippen molar-refractivity contribution < 1.29 is 13.2 Å². The number of carbonyl (C=O) groups is 1. The molecule has 9 heteroatoms. The smallest absolute Gasteiger partial charge is 0.226 e. The molecule has 3 heterocycles. The van der Waals surface area contributed by atoms with Gasteiger partial charge in [0.05, 0.1) is 24.1 Å². The average molecular weight is 353 g/mol. The first-order chi connectivity index (χ1) is 11.3. The standard InChI is InChI=1S/C15H23N5O3S/c1-10-16-14(18(2)17-10)7-19-5-6-20(15(21)11-3-4-11)13-9-24(22,23)8-12(13)19/h11-13H,3-9H2,1-2H3/t12-,13+/m0/s1. The molecule has 132 valence electrons. The molecule has 0 unspecified atom stereocenters. The average Bonchev–Trinajstić information content (AvgIpc) is 3.22. The van der Waals surface area contributed by atoms with Gasteiger partial charge < -0.3 is 4.90 Å². The summed E-state index contributed by atoms with van der Waals surface area (Å²) in [5.41, 5.74) is 0. The van der Waals surface area contributed by atoms with Crippen LogP contribution in [0.1, 0.15) is 24.5 Å². The lowest BCUT2D eigenvalue weighted by atomic mass is 10.0. The van der Waals surface area contributed by atoms with Gasteiger partial charge in [0.15, 0.2) is 9.84 Å². The second kappa shape index (κ2) is 5.52. The largest absolute Gasteiger partial charge is 0.336 e. The number of piperazine rings is 1. The monoisotopic (exact) mass is 353 g/mol. The molecule has 3 fully saturated rings. The maximum atomic E-state index is 12.5. The van der Waals surface area contributed by atoms with Crippen LogP contribution in [0.25, 0.3) is 0 Å². The molecule has 8 nitrogen and oxygen atoms in total. The quantitative estimate of drug-likeness (QED) is 0.717. The van der Waals surface area contributed by atoms with E-state index in [1.807, 2.05) is 18.9 Å². The molecule has 0 aromatic carbocycles. The van der Waals surface area contributed by atoms with Gasteiger partial charge in [-0.05, 0) is 19.8 Å². The molecule has 3 aliphatic rings. The van der Waals surface area contributed by atoms with Gasteiger partial charge in [-0.15, -0.1) is 0 Å². The van der Waals surface area contributed by atoms with E-state index in [1.165, 1.54) is 0 Å². The molecule has 1 amide bonds. The second-order valence-electron chi connectivity index (χ2n) is 7.19. The third-order valence-electron chi connectivity index (χ3n) is 5.30. The molecule has 2 aliphatic heterocycles. The van der Waals surface area contributed by atoms with Crippen molar-refractivity contribution in [2.24, 2.45) is 13.0 Å². The molecule has 0 N–H and O–H groups in total. The molecule has 2 saturated heterocycles. The number of rotatable bonds is 3. The Kier molecular flexibility index (Phi) is 3.68. The van der Waals surface area contributed by atoms with Gasteiger partial charge in [-0.25, -0.2) is 13.4 Å². The summed E-state index contributed by atoms with van der Waals surface area (Å²) < 4.78 is 26.2. The Hall–Kier alpha value is -1.48. The van der Waals surface area contributed by atoms with E-state index >= 15 is 0 Å². The topological polar surface area (TPSA) is 88.4 Å². The van der Waals surface area contributed by atoms with Gasteiger partial charge in [-0.2, -0.15) is 5.10 Å². The van der Waals surface area contributed by atoms with Crippen molar-refractivity contribution in [1.29, 1.82) is 0 Å². The lowest BCUT2D eigenvalue weighted by molar-refractivity contribution is -0.138. The zero-order valence-corrected chi connectivity index (χ0v) is 14.9. The summed E-state index contributed by atoms with van der Waals surface area (Å²) in [5.74, 6) is 2.04.